The summed E-state index contributed by atoms with van der Waals surface area (Å²) in [7, 11) is 1.58. The summed E-state index contributed by atoms with van der Waals surface area (Å²) in [4.78, 5) is 28.8. The second-order valence-electron chi connectivity index (χ2n) is 8.50. The van der Waals surface area contributed by atoms with E-state index in [-0.39, 0.29) is 29.9 Å². The fourth-order valence-corrected chi connectivity index (χ4v) is 4.84. The summed E-state index contributed by atoms with van der Waals surface area (Å²) in [5, 5.41) is 12.1. The average molecular weight is 497 g/mol. The Kier molecular flexibility index (Phi) is 8.49. The first-order chi connectivity index (χ1) is 17.0. The van der Waals surface area contributed by atoms with Crippen LogP contribution in [0, 0.1) is 5.82 Å². The van der Waals surface area contributed by atoms with Crippen molar-refractivity contribution in [3.63, 3.8) is 0 Å². The molecular formula is C25H29FN6O2S. The molecule has 0 bridgehead atoms. The van der Waals surface area contributed by atoms with Gasteiger partial charge in [0.2, 0.25) is 11.8 Å². The van der Waals surface area contributed by atoms with Gasteiger partial charge in [-0.25, -0.2) is 4.39 Å². The van der Waals surface area contributed by atoms with Gasteiger partial charge in [0.25, 0.3) is 0 Å². The Bertz CT molecular complexity index is 1130. The average Bonchev–Trinajstić information content (AvgIpc) is 3.27. The van der Waals surface area contributed by atoms with E-state index in [9.17, 15) is 14.0 Å². The normalized spacial score (nSPS) is 14.0. The molecule has 1 saturated heterocycles. The van der Waals surface area contributed by atoms with Gasteiger partial charge in [-0.05, 0) is 62.3 Å². The second kappa shape index (κ2) is 11.9. The first kappa shape index (κ1) is 24.9. The van der Waals surface area contributed by atoms with Crippen molar-refractivity contribution in [2.45, 2.75) is 31.0 Å². The number of rotatable bonds is 9. The molecule has 1 N–H and O–H groups in total. The third-order valence-corrected chi connectivity index (χ3v) is 6.70. The molecular weight excluding hydrogens is 467 g/mol. The number of piperidine rings is 1. The molecule has 0 atom stereocenters. The second-order valence-corrected chi connectivity index (χ2v) is 9.44. The van der Waals surface area contributed by atoms with Crippen LogP contribution in [-0.2, 0) is 16.1 Å². The number of likely N-dealkylation sites (N-methyl/N-ethyl adjacent to an activating group) is 1. The van der Waals surface area contributed by atoms with Crippen LogP contribution in [0.25, 0.3) is 5.69 Å². The van der Waals surface area contributed by atoms with E-state index in [0.717, 1.165) is 24.6 Å². The van der Waals surface area contributed by atoms with Crippen LogP contribution in [0.1, 0.15) is 25.1 Å². The van der Waals surface area contributed by atoms with Gasteiger partial charge in [-0.2, -0.15) is 0 Å². The summed E-state index contributed by atoms with van der Waals surface area (Å²) in [6.45, 7) is 2.70. The first-order valence-electron chi connectivity index (χ1n) is 11.6. The van der Waals surface area contributed by atoms with Crippen molar-refractivity contribution >= 4 is 29.3 Å². The molecule has 4 rings (SSSR count). The zero-order valence-electron chi connectivity index (χ0n) is 19.7. The molecule has 1 aromatic heterocycles. The van der Waals surface area contributed by atoms with Crippen molar-refractivity contribution in [3.8, 4) is 5.69 Å². The van der Waals surface area contributed by atoms with Crippen LogP contribution in [0.15, 0.2) is 59.8 Å². The number of anilines is 1. The number of para-hydroxylation sites is 1. The van der Waals surface area contributed by atoms with Crippen LogP contribution in [0.4, 0.5) is 10.1 Å². The monoisotopic (exact) mass is 496 g/mol. The quantitative estimate of drug-likeness (QED) is 0.456. The Hall–Kier alpha value is -3.24. The van der Waals surface area contributed by atoms with Crippen molar-refractivity contribution in [1.29, 1.82) is 0 Å². The van der Waals surface area contributed by atoms with Crippen LogP contribution in [-0.4, -0.2) is 68.8 Å². The number of carbonyl (C=O) groups excluding carboxylic acids is 2. The number of likely N-dealkylation sites (tertiary alicyclic amines) is 1. The number of amides is 2. The Morgan fingerprint density at radius 2 is 1.74 bits per heavy atom. The molecule has 184 valence electrons. The molecule has 0 aliphatic carbocycles. The van der Waals surface area contributed by atoms with E-state index in [0.29, 0.717) is 17.4 Å². The van der Waals surface area contributed by atoms with Crippen molar-refractivity contribution in [2.24, 2.45) is 0 Å². The van der Waals surface area contributed by atoms with Crippen molar-refractivity contribution < 1.29 is 14.0 Å². The highest BCUT2D eigenvalue weighted by atomic mass is 32.2. The third-order valence-electron chi connectivity index (χ3n) is 5.79. The summed E-state index contributed by atoms with van der Waals surface area (Å²) in [6.07, 6.45) is 3.65. The van der Waals surface area contributed by atoms with Crippen LogP contribution in [0.3, 0.4) is 0 Å². The Labute approximate surface area is 208 Å². The van der Waals surface area contributed by atoms with E-state index in [2.05, 4.69) is 20.4 Å². The largest absolute Gasteiger partial charge is 0.336 e. The minimum atomic E-state index is -0.380. The summed E-state index contributed by atoms with van der Waals surface area (Å²) in [6, 6.07) is 15.4. The molecule has 35 heavy (non-hydrogen) atoms. The van der Waals surface area contributed by atoms with E-state index < -0.39 is 0 Å². The minimum Gasteiger partial charge on any atom is -0.336 e. The van der Waals surface area contributed by atoms with Crippen molar-refractivity contribution in [3.05, 3.63) is 66.2 Å². The molecule has 2 heterocycles. The van der Waals surface area contributed by atoms with Crippen LogP contribution in [0.5, 0.6) is 0 Å². The molecule has 3 aromatic rings. The van der Waals surface area contributed by atoms with E-state index in [1.54, 1.807) is 7.05 Å². The SMILES string of the molecule is CN(CC(=O)Nc1ccc(F)cc1)C(=O)CSc1nnc(CN2CCCCC2)n1-c1ccccc1. The molecule has 0 unspecified atom stereocenters. The van der Waals surface area contributed by atoms with Gasteiger partial charge in [0, 0.05) is 18.4 Å². The molecule has 0 saturated carbocycles. The lowest BCUT2D eigenvalue weighted by atomic mass is 10.1. The zero-order chi connectivity index (χ0) is 24.6. The van der Waals surface area contributed by atoms with Crippen LogP contribution in [0.2, 0.25) is 0 Å². The Balaban J connectivity index is 1.38. The summed E-state index contributed by atoms with van der Waals surface area (Å²) < 4.78 is 15.0. The number of aromatic nitrogens is 3. The van der Waals surface area contributed by atoms with Gasteiger partial charge < -0.3 is 10.2 Å². The molecule has 10 heteroatoms. The molecule has 8 nitrogen and oxygen atoms in total. The first-order valence-corrected chi connectivity index (χ1v) is 12.6. The van der Waals surface area contributed by atoms with Gasteiger partial charge in [-0.1, -0.05) is 36.4 Å². The van der Waals surface area contributed by atoms with Crippen molar-refractivity contribution in [1.82, 2.24) is 24.6 Å². The standard InChI is InChI=1S/C25H29FN6O2S/c1-30(17-23(33)27-20-12-10-19(26)11-13-20)24(34)18-35-25-29-28-22(16-31-14-6-3-7-15-31)32(25)21-8-4-2-5-9-21/h2,4-5,8-13H,3,6-7,14-18H2,1H3,(H,27,33). The molecule has 1 fully saturated rings. The molecule has 1 aliphatic rings. The highest BCUT2D eigenvalue weighted by Crippen LogP contribution is 2.24. The number of halogens is 1. The lowest BCUT2D eigenvalue weighted by Gasteiger charge is -2.26. The van der Waals surface area contributed by atoms with E-state index >= 15 is 0 Å². The summed E-state index contributed by atoms with van der Waals surface area (Å²) in [5.41, 5.74) is 1.43. The number of hydrogen-bond donors (Lipinski definition) is 1. The number of nitrogens with one attached hydrogen (secondary N) is 1. The highest BCUT2D eigenvalue weighted by Gasteiger charge is 2.20. The van der Waals surface area contributed by atoms with Crippen LogP contribution < -0.4 is 5.32 Å². The fourth-order valence-electron chi connectivity index (χ4n) is 3.92. The molecule has 2 amide bonds. The molecule has 0 radical (unpaired) electrons. The van der Waals surface area contributed by atoms with Gasteiger partial charge in [0.05, 0.1) is 18.8 Å². The predicted molar refractivity (Wildman–Crippen MR) is 134 cm³/mol. The summed E-state index contributed by atoms with van der Waals surface area (Å²) in [5.74, 6) is 0.0302. The maximum atomic E-state index is 13.0. The minimum absolute atomic E-state index is 0.109. The van der Waals surface area contributed by atoms with E-state index in [1.165, 1.54) is 60.2 Å². The maximum absolute atomic E-state index is 13.0. The van der Waals surface area contributed by atoms with Gasteiger partial charge in [-0.15, -0.1) is 10.2 Å². The van der Waals surface area contributed by atoms with Gasteiger partial charge in [-0.3, -0.25) is 19.1 Å². The van der Waals surface area contributed by atoms with E-state index in [1.807, 2.05) is 34.9 Å². The number of hydrogen-bond acceptors (Lipinski definition) is 6. The Morgan fingerprint density at radius 3 is 2.46 bits per heavy atom. The van der Waals surface area contributed by atoms with Gasteiger partial charge in [0.15, 0.2) is 11.0 Å². The van der Waals surface area contributed by atoms with Gasteiger partial charge >= 0.3 is 0 Å². The lowest BCUT2D eigenvalue weighted by molar-refractivity contribution is -0.131. The third kappa shape index (κ3) is 6.89. The maximum Gasteiger partial charge on any atom is 0.243 e. The van der Waals surface area contributed by atoms with Crippen molar-refractivity contribution in [2.75, 3.05) is 37.8 Å². The highest BCUT2D eigenvalue weighted by molar-refractivity contribution is 7.99. The number of carbonyl (C=O) groups is 2. The van der Waals surface area contributed by atoms with Gasteiger partial charge in [0.1, 0.15) is 5.82 Å². The fraction of sp³-hybridized carbons (Fsp3) is 0.360. The number of benzene rings is 2. The zero-order valence-corrected chi connectivity index (χ0v) is 20.5. The molecule has 0 spiro atoms. The Morgan fingerprint density at radius 1 is 1.03 bits per heavy atom. The topological polar surface area (TPSA) is 83.4 Å². The number of nitrogens with zero attached hydrogens (tertiary/aromatic N) is 5. The smallest absolute Gasteiger partial charge is 0.243 e. The van der Waals surface area contributed by atoms with Crippen LogP contribution >= 0.6 is 11.8 Å². The molecule has 2 aromatic carbocycles. The number of thioether (sulfide) groups is 1. The summed E-state index contributed by atoms with van der Waals surface area (Å²) >= 11 is 1.30. The lowest BCUT2D eigenvalue weighted by Crippen LogP contribution is -2.36. The molecule has 1 aliphatic heterocycles. The van der Waals surface area contributed by atoms with E-state index in [4.69, 9.17) is 0 Å². The predicted octanol–water partition coefficient (Wildman–Crippen LogP) is 3.58.